The number of alkyl halides is 3. The average Bonchev–Trinajstić information content (AvgIpc) is 3.03. The van der Waals surface area contributed by atoms with Crippen molar-refractivity contribution >= 4 is 36.0 Å². The fourth-order valence-corrected chi connectivity index (χ4v) is 5.22. The Labute approximate surface area is 273 Å². The predicted octanol–water partition coefficient (Wildman–Crippen LogP) is 3.92. The normalized spacial score (nSPS) is 16.9. The number of carbonyl (C=O) groups is 2. The van der Waals surface area contributed by atoms with Crippen LogP contribution in [0.3, 0.4) is 0 Å². The molecular weight excluding hydrogens is 645 g/mol. The van der Waals surface area contributed by atoms with Crippen LogP contribution in [0.1, 0.15) is 73.0 Å². The summed E-state index contributed by atoms with van der Waals surface area (Å²) >= 11 is 2.83. The number of fused-ring (bicyclic) bond motifs is 6. The number of anilines is 2. The number of pyridine rings is 2. The topological polar surface area (TPSA) is 193 Å². The van der Waals surface area contributed by atoms with Crippen molar-refractivity contribution in [2.24, 2.45) is 0 Å². The van der Waals surface area contributed by atoms with Crippen LogP contribution >= 0.6 is 0 Å². The van der Waals surface area contributed by atoms with Gasteiger partial charge in [0.25, 0.3) is 5.91 Å². The Kier molecular flexibility index (Phi) is 12.8. The lowest BCUT2D eigenvalue weighted by Crippen LogP contribution is -2.52. The van der Waals surface area contributed by atoms with E-state index in [0.717, 1.165) is 18.2 Å². The van der Waals surface area contributed by atoms with Crippen LogP contribution in [0.15, 0.2) is 54.6 Å². The van der Waals surface area contributed by atoms with Gasteiger partial charge >= 0.3 is 12.1 Å². The largest absolute Gasteiger partial charge is 0.481 e. The lowest BCUT2D eigenvalue weighted by molar-refractivity contribution is -0.368. The van der Waals surface area contributed by atoms with Crippen molar-refractivity contribution in [1.29, 1.82) is 0 Å². The molecule has 6 N–H and O–H groups in total. The summed E-state index contributed by atoms with van der Waals surface area (Å²) in [6, 6.07) is 11.1. The zero-order valence-corrected chi connectivity index (χ0v) is 25.9. The molecular formula is C31H35F3N4O8S. The highest BCUT2D eigenvalue weighted by Crippen LogP contribution is 2.42. The van der Waals surface area contributed by atoms with E-state index in [1.165, 1.54) is 18.2 Å². The van der Waals surface area contributed by atoms with E-state index in [2.05, 4.69) is 27.8 Å². The SMILES string of the molecule is O=C(O)CCCN1CCCCCCCC(O)(O)C(O)(O)c2ccccc2-c2nc(ccc2C(F)(F)F)NC(=O)c2cccc1n2.O=S. The maximum atomic E-state index is 14.2. The van der Waals surface area contributed by atoms with E-state index in [1.54, 1.807) is 12.1 Å². The highest BCUT2D eigenvalue weighted by molar-refractivity contribution is 7.44. The summed E-state index contributed by atoms with van der Waals surface area (Å²) in [7, 11) is 0. The van der Waals surface area contributed by atoms with Gasteiger partial charge in [-0.3, -0.25) is 9.59 Å². The van der Waals surface area contributed by atoms with Crippen molar-refractivity contribution in [2.75, 3.05) is 23.3 Å². The van der Waals surface area contributed by atoms with Gasteiger partial charge in [0.05, 0.1) is 11.3 Å². The zero-order valence-electron chi connectivity index (χ0n) is 25.1. The quantitative estimate of drug-likeness (QED) is 0.218. The van der Waals surface area contributed by atoms with Crippen LogP contribution in [0.2, 0.25) is 0 Å². The molecule has 0 spiro atoms. The molecule has 0 aliphatic carbocycles. The fraction of sp³-hybridized carbons (Fsp3) is 0.419. The van der Waals surface area contributed by atoms with E-state index in [4.69, 9.17) is 9.32 Å². The number of amides is 1. The molecule has 4 rings (SSSR count). The Morgan fingerprint density at radius 2 is 1.60 bits per heavy atom. The van der Waals surface area contributed by atoms with Crippen LogP contribution in [0.4, 0.5) is 24.8 Å². The molecule has 47 heavy (non-hydrogen) atoms. The molecule has 0 radical (unpaired) electrons. The number of rotatable bonds is 4. The zero-order chi connectivity index (χ0) is 34.8. The number of hydrogen-bond acceptors (Lipinski definition) is 11. The molecule has 1 aromatic carbocycles. The van der Waals surface area contributed by atoms with Gasteiger partial charge in [0.15, 0.2) is 12.5 Å². The maximum absolute atomic E-state index is 14.2. The van der Waals surface area contributed by atoms with Crippen molar-refractivity contribution in [3.63, 3.8) is 0 Å². The summed E-state index contributed by atoms with van der Waals surface area (Å²) in [5.41, 5.74) is -3.17. The summed E-state index contributed by atoms with van der Waals surface area (Å²) in [4.78, 5) is 34.6. The number of aromatic nitrogens is 2. The van der Waals surface area contributed by atoms with Crippen molar-refractivity contribution in [3.05, 3.63) is 71.4 Å². The fourth-order valence-electron chi connectivity index (χ4n) is 5.22. The smallest absolute Gasteiger partial charge is 0.418 e. The number of aliphatic hydroxyl groups is 4. The van der Waals surface area contributed by atoms with Gasteiger partial charge in [-0.2, -0.15) is 17.4 Å². The molecule has 254 valence electrons. The molecule has 16 heteroatoms. The van der Waals surface area contributed by atoms with E-state index in [0.29, 0.717) is 57.1 Å². The minimum atomic E-state index is -4.95. The molecule has 3 aromatic rings. The minimum Gasteiger partial charge on any atom is -0.481 e. The lowest BCUT2D eigenvalue weighted by atomic mass is 9.87. The van der Waals surface area contributed by atoms with Crippen molar-refractivity contribution < 1.29 is 52.5 Å². The van der Waals surface area contributed by atoms with Gasteiger partial charge in [-0.1, -0.05) is 49.6 Å². The molecule has 1 aliphatic heterocycles. The second-order valence-corrected chi connectivity index (χ2v) is 11.0. The number of nitrogens with one attached hydrogen (secondary N) is 1. The first-order valence-corrected chi connectivity index (χ1v) is 15.0. The summed E-state index contributed by atoms with van der Waals surface area (Å²) in [5.74, 6) is -8.15. The highest BCUT2D eigenvalue weighted by atomic mass is 32.1. The number of nitrogens with zero attached hydrogens (tertiary/aromatic N) is 3. The monoisotopic (exact) mass is 680 g/mol. The van der Waals surface area contributed by atoms with E-state index in [1.807, 2.05) is 4.90 Å². The van der Waals surface area contributed by atoms with Crippen molar-refractivity contribution in [2.45, 2.75) is 69.1 Å². The molecule has 2 aromatic heterocycles. The lowest BCUT2D eigenvalue weighted by Gasteiger charge is -2.36. The van der Waals surface area contributed by atoms with Gasteiger partial charge in [-0.05, 0) is 43.5 Å². The summed E-state index contributed by atoms with van der Waals surface area (Å²) in [6.45, 7) is 0.832. The van der Waals surface area contributed by atoms with E-state index in [-0.39, 0.29) is 24.4 Å². The molecule has 0 saturated heterocycles. The van der Waals surface area contributed by atoms with E-state index < -0.39 is 58.4 Å². The van der Waals surface area contributed by atoms with Gasteiger partial charge < -0.3 is 35.7 Å². The number of aliphatic carboxylic acids is 1. The first kappa shape index (κ1) is 37.4. The number of carboxylic acid groups (broad SMARTS) is 1. The molecule has 0 unspecified atom stereocenters. The molecule has 0 atom stereocenters. The van der Waals surface area contributed by atoms with Crippen LogP contribution in [0.25, 0.3) is 11.3 Å². The maximum Gasteiger partial charge on any atom is 0.418 e. The summed E-state index contributed by atoms with van der Waals surface area (Å²) in [6.07, 6.45) is -2.53. The van der Waals surface area contributed by atoms with Gasteiger partial charge in [-0.25, -0.2) is 9.97 Å². The average molecular weight is 681 g/mol. The standard InChI is InChI=1S/C31H35F3N4O7.OS/c32-31(33,34)22-15-16-24-36-27(22)20-10-4-5-11-21(20)30(44,45)29(42,43)17-6-2-1-3-7-18-38(19-9-14-26(39)40)25-13-8-12-23(35-25)28(41)37-24;1-2/h4-5,8,10-13,15-16,42-45H,1-3,6-7,9,14,17-19H2,(H,39,40)(H,36,37,41);. The Bertz CT molecular complexity index is 1540. The molecule has 3 heterocycles. The summed E-state index contributed by atoms with van der Waals surface area (Å²) in [5, 5.41) is 55.1. The van der Waals surface area contributed by atoms with Crippen molar-refractivity contribution in [1.82, 2.24) is 9.97 Å². The Hall–Kier alpha value is -4.09. The van der Waals surface area contributed by atoms with Crippen LogP contribution in [-0.4, -0.2) is 70.5 Å². The molecule has 1 aliphatic rings. The van der Waals surface area contributed by atoms with Crippen LogP contribution in [-0.2, 0) is 29.3 Å². The first-order valence-electron chi connectivity index (χ1n) is 14.7. The number of benzene rings is 1. The van der Waals surface area contributed by atoms with Gasteiger partial charge in [-0.15, -0.1) is 0 Å². The molecule has 1 amide bonds. The third-order valence-electron chi connectivity index (χ3n) is 7.62. The van der Waals surface area contributed by atoms with E-state index in [9.17, 15) is 43.2 Å². The Morgan fingerprint density at radius 3 is 2.30 bits per heavy atom. The van der Waals surface area contributed by atoms with Crippen LogP contribution in [0, 0.1) is 0 Å². The van der Waals surface area contributed by atoms with E-state index >= 15 is 0 Å². The van der Waals surface area contributed by atoms with Crippen LogP contribution < -0.4 is 10.2 Å². The third kappa shape index (κ3) is 9.48. The van der Waals surface area contributed by atoms with Crippen molar-refractivity contribution in [3.8, 4) is 11.3 Å². The first-order chi connectivity index (χ1) is 22.2. The molecule has 0 fully saturated rings. The Morgan fingerprint density at radius 1 is 0.915 bits per heavy atom. The predicted molar refractivity (Wildman–Crippen MR) is 165 cm³/mol. The number of carbonyl (C=O) groups excluding carboxylic acids is 1. The molecule has 4 bridgehead atoms. The molecule has 0 saturated carbocycles. The minimum absolute atomic E-state index is 0.0659. The molecule has 12 nitrogen and oxygen atoms in total. The van der Waals surface area contributed by atoms with Crippen LogP contribution in [0.5, 0.6) is 0 Å². The van der Waals surface area contributed by atoms with Gasteiger partial charge in [0, 0.05) is 37.1 Å². The number of halogens is 3. The summed E-state index contributed by atoms with van der Waals surface area (Å²) < 4.78 is 50.3. The van der Waals surface area contributed by atoms with Gasteiger partial charge in [0.1, 0.15) is 17.3 Å². The highest BCUT2D eigenvalue weighted by Gasteiger charge is 2.50. The third-order valence-corrected chi connectivity index (χ3v) is 7.62. The second kappa shape index (κ2) is 16.1. The number of carboxylic acids is 1. The second-order valence-electron chi connectivity index (χ2n) is 11.0. The number of hydrogen-bond donors (Lipinski definition) is 6. The Balaban J connectivity index is 0.00000294. The van der Waals surface area contributed by atoms with Gasteiger partial charge in [0.2, 0.25) is 11.6 Å².